The number of rotatable bonds is 8. The third kappa shape index (κ3) is 6.73. The van der Waals surface area contributed by atoms with Crippen molar-refractivity contribution in [2.24, 2.45) is 5.10 Å². The predicted octanol–water partition coefficient (Wildman–Crippen LogP) is 4.47. The van der Waals surface area contributed by atoms with Crippen molar-refractivity contribution in [3.8, 4) is 11.5 Å². The van der Waals surface area contributed by atoms with Crippen molar-refractivity contribution in [1.29, 1.82) is 0 Å². The highest BCUT2D eigenvalue weighted by molar-refractivity contribution is 6.39. The van der Waals surface area contributed by atoms with Crippen LogP contribution in [0.15, 0.2) is 90.0 Å². The zero-order chi connectivity index (χ0) is 26.9. The van der Waals surface area contributed by atoms with Crippen LogP contribution in [0.3, 0.4) is 0 Å². The third-order valence-corrected chi connectivity index (χ3v) is 5.50. The molecule has 0 saturated carbocycles. The Morgan fingerprint density at radius 2 is 1.53 bits per heavy atom. The molecule has 0 atom stereocenters. The minimum absolute atomic E-state index is 0.209. The molecule has 0 radical (unpaired) electrons. The van der Waals surface area contributed by atoms with E-state index in [2.05, 4.69) is 39.4 Å². The Morgan fingerprint density at radius 3 is 2.26 bits per heavy atom. The van der Waals surface area contributed by atoms with E-state index in [1.807, 2.05) is 24.3 Å². The maximum Gasteiger partial charge on any atom is 0.329 e. The van der Waals surface area contributed by atoms with Gasteiger partial charge in [0.25, 0.3) is 0 Å². The zero-order valence-electron chi connectivity index (χ0n) is 20.9. The number of nitrogens with one attached hydrogen (secondary N) is 3. The van der Waals surface area contributed by atoms with Gasteiger partial charge in [-0.05, 0) is 64.4 Å². The number of amides is 3. The lowest BCUT2D eigenvalue weighted by Crippen LogP contribution is -2.32. The average molecular weight is 511 g/mol. The van der Waals surface area contributed by atoms with Crippen molar-refractivity contribution in [3.63, 3.8) is 0 Å². The Balaban J connectivity index is 1.33. The van der Waals surface area contributed by atoms with E-state index < -0.39 is 11.8 Å². The molecule has 192 valence electrons. The van der Waals surface area contributed by atoms with E-state index in [9.17, 15) is 14.4 Å². The van der Waals surface area contributed by atoms with Gasteiger partial charge in [-0.1, -0.05) is 42.5 Å². The van der Waals surface area contributed by atoms with E-state index in [1.165, 1.54) is 20.2 Å². The maximum absolute atomic E-state index is 12.1. The summed E-state index contributed by atoms with van der Waals surface area (Å²) in [6.45, 7) is 1.76. The molecule has 0 aliphatic carbocycles. The monoisotopic (exact) mass is 510 g/mol. The van der Waals surface area contributed by atoms with Crippen LogP contribution in [-0.4, -0.2) is 31.0 Å². The maximum atomic E-state index is 12.1. The van der Waals surface area contributed by atoms with Gasteiger partial charge in [-0.15, -0.1) is 0 Å². The summed E-state index contributed by atoms with van der Waals surface area (Å²) in [6, 6.07) is 25.8. The van der Waals surface area contributed by atoms with Crippen LogP contribution in [0.25, 0.3) is 10.8 Å². The van der Waals surface area contributed by atoms with Gasteiger partial charge >= 0.3 is 11.8 Å². The highest BCUT2D eigenvalue weighted by Crippen LogP contribution is 2.29. The molecular formula is C29H26N4O5. The van der Waals surface area contributed by atoms with Gasteiger partial charge in [0, 0.05) is 18.3 Å². The molecule has 4 rings (SSSR count). The van der Waals surface area contributed by atoms with Crippen LogP contribution in [0.4, 0.5) is 11.4 Å². The molecule has 9 heteroatoms. The normalized spacial score (nSPS) is 10.7. The second-order valence-electron chi connectivity index (χ2n) is 8.25. The summed E-state index contributed by atoms with van der Waals surface area (Å²) in [4.78, 5) is 35.3. The minimum atomic E-state index is -0.936. The van der Waals surface area contributed by atoms with E-state index in [4.69, 9.17) is 9.47 Å². The zero-order valence-corrected chi connectivity index (χ0v) is 20.9. The standard InChI is InChI=1S/C29H26N4O5/c1-19(34)31-23-11-13-24(14-12-23)32-28(35)29(36)33-30-17-20-10-15-26(27(16-20)37-2)38-18-22-8-5-7-21-6-3-4-9-25(21)22/h3-17H,18H2,1-2H3,(H,31,34)(H,32,35)(H,33,36)/b30-17+. The number of carbonyl (C=O) groups is 3. The van der Waals surface area contributed by atoms with E-state index >= 15 is 0 Å². The summed E-state index contributed by atoms with van der Waals surface area (Å²) in [5.74, 6) is -0.968. The SMILES string of the molecule is COc1cc(/C=N/NC(=O)C(=O)Nc2ccc(NC(C)=O)cc2)ccc1OCc1cccc2ccccc12. The fourth-order valence-electron chi connectivity index (χ4n) is 3.70. The molecule has 4 aromatic rings. The Kier molecular flexibility index (Phi) is 8.30. The molecule has 0 saturated heterocycles. The van der Waals surface area contributed by atoms with Gasteiger partial charge in [-0.3, -0.25) is 14.4 Å². The van der Waals surface area contributed by atoms with Crippen molar-refractivity contribution in [2.45, 2.75) is 13.5 Å². The number of ether oxygens (including phenoxy) is 2. The first-order chi connectivity index (χ1) is 18.4. The smallest absolute Gasteiger partial charge is 0.329 e. The fraction of sp³-hybridized carbons (Fsp3) is 0.103. The Labute approximate surface area is 219 Å². The van der Waals surface area contributed by atoms with Gasteiger partial charge in [-0.25, -0.2) is 5.43 Å². The van der Waals surface area contributed by atoms with Crippen molar-refractivity contribution < 1.29 is 23.9 Å². The first kappa shape index (κ1) is 25.9. The van der Waals surface area contributed by atoms with Crippen molar-refractivity contribution in [3.05, 3.63) is 96.1 Å². The summed E-state index contributed by atoms with van der Waals surface area (Å²) in [6.07, 6.45) is 1.39. The Bertz CT molecular complexity index is 1490. The molecule has 3 amide bonds. The summed E-state index contributed by atoms with van der Waals surface area (Å²) >= 11 is 0. The average Bonchev–Trinajstić information content (AvgIpc) is 2.92. The molecule has 38 heavy (non-hydrogen) atoms. The van der Waals surface area contributed by atoms with E-state index in [1.54, 1.807) is 42.5 Å². The van der Waals surface area contributed by atoms with Gasteiger partial charge in [-0.2, -0.15) is 5.10 Å². The molecule has 0 spiro atoms. The van der Waals surface area contributed by atoms with Crippen molar-refractivity contribution in [1.82, 2.24) is 5.43 Å². The lowest BCUT2D eigenvalue weighted by Gasteiger charge is -2.12. The second kappa shape index (κ2) is 12.2. The van der Waals surface area contributed by atoms with Crippen LogP contribution < -0.4 is 25.5 Å². The fourth-order valence-corrected chi connectivity index (χ4v) is 3.70. The number of carbonyl (C=O) groups excluding carboxylic acids is 3. The number of anilines is 2. The summed E-state index contributed by atoms with van der Waals surface area (Å²) in [5.41, 5.74) is 4.85. The van der Waals surface area contributed by atoms with Gasteiger partial charge in [0.05, 0.1) is 13.3 Å². The molecule has 0 bridgehead atoms. The van der Waals surface area contributed by atoms with Crippen LogP contribution in [0.1, 0.15) is 18.1 Å². The summed E-state index contributed by atoms with van der Waals surface area (Å²) in [5, 5.41) is 11.2. The van der Waals surface area contributed by atoms with E-state index in [0.717, 1.165) is 16.3 Å². The predicted molar refractivity (Wildman–Crippen MR) is 146 cm³/mol. The number of nitrogens with zero attached hydrogens (tertiary/aromatic N) is 1. The first-order valence-corrected chi connectivity index (χ1v) is 11.7. The lowest BCUT2D eigenvalue weighted by atomic mass is 10.1. The molecular weight excluding hydrogens is 484 g/mol. The van der Waals surface area contributed by atoms with Crippen molar-refractivity contribution in [2.75, 3.05) is 17.7 Å². The molecule has 0 aliphatic heterocycles. The van der Waals surface area contributed by atoms with Crippen LogP contribution >= 0.6 is 0 Å². The summed E-state index contributed by atoms with van der Waals surface area (Å²) < 4.78 is 11.5. The van der Waals surface area contributed by atoms with Crippen LogP contribution in [0, 0.1) is 0 Å². The minimum Gasteiger partial charge on any atom is -0.493 e. The first-order valence-electron chi connectivity index (χ1n) is 11.7. The lowest BCUT2D eigenvalue weighted by molar-refractivity contribution is -0.136. The number of hydrogen-bond acceptors (Lipinski definition) is 6. The number of hydrogen-bond donors (Lipinski definition) is 3. The topological polar surface area (TPSA) is 118 Å². The second-order valence-corrected chi connectivity index (χ2v) is 8.25. The summed E-state index contributed by atoms with van der Waals surface area (Å²) in [7, 11) is 1.54. The van der Waals surface area contributed by atoms with Crippen molar-refractivity contribution >= 4 is 46.1 Å². The van der Waals surface area contributed by atoms with Crippen LogP contribution in [0.5, 0.6) is 11.5 Å². The molecule has 3 N–H and O–H groups in total. The van der Waals surface area contributed by atoms with E-state index in [-0.39, 0.29) is 5.91 Å². The quantitative estimate of drug-likeness (QED) is 0.184. The highest BCUT2D eigenvalue weighted by atomic mass is 16.5. The molecule has 0 unspecified atom stereocenters. The number of hydrazone groups is 1. The molecule has 9 nitrogen and oxygen atoms in total. The largest absolute Gasteiger partial charge is 0.493 e. The molecule has 0 fully saturated rings. The van der Waals surface area contributed by atoms with Crippen LogP contribution in [0.2, 0.25) is 0 Å². The third-order valence-electron chi connectivity index (χ3n) is 5.50. The molecule has 0 heterocycles. The number of benzene rings is 4. The van der Waals surface area contributed by atoms with Gasteiger partial charge in [0.2, 0.25) is 5.91 Å². The molecule has 0 aliphatic rings. The highest BCUT2D eigenvalue weighted by Gasteiger charge is 2.13. The van der Waals surface area contributed by atoms with Gasteiger partial charge in [0.15, 0.2) is 11.5 Å². The van der Waals surface area contributed by atoms with E-state index in [0.29, 0.717) is 35.0 Å². The van der Waals surface area contributed by atoms with Gasteiger partial charge < -0.3 is 20.1 Å². The number of fused-ring (bicyclic) bond motifs is 1. The molecule has 4 aromatic carbocycles. The Morgan fingerprint density at radius 1 is 0.816 bits per heavy atom. The van der Waals surface area contributed by atoms with Crippen LogP contribution in [-0.2, 0) is 21.0 Å². The Hall–Kier alpha value is -5.18. The molecule has 0 aromatic heterocycles. The number of methoxy groups -OCH3 is 1. The van der Waals surface area contributed by atoms with Gasteiger partial charge in [0.1, 0.15) is 6.61 Å².